The molecule has 3 aromatic heterocycles. The van der Waals surface area contributed by atoms with Crippen LogP contribution in [-0.2, 0) is 0 Å². The van der Waals surface area contributed by atoms with Crippen LogP contribution in [0.2, 0.25) is 0 Å². The number of para-hydroxylation sites is 4. The van der Waals surface area contributed by atoms with Crippen molar-refractivity contribution in [2.24, 2.45) is 0 Å². The predicted octanol–water partition coefficient (Wildman–Crippen LogP) is 13.1. The minimum Gasteiger partial charge on any atom is -0.292 e. The normalized spacial score (nSPS) is 11.5. The van der Waals surface area contributed by atoms with E-state index >= 15 is 0 Å². The van der Waals surface area contributed by atoms with E-state index in [1.54, 1.807) is 0 Å². The van der Waals surface area contributed by atoms with Crippen LogP contribution in [0, 0.1) is 0 Å². The number of nitrogens with zero attached hydrogens (tertiary/aromatic N) is 3. The first-order chi connectivity index (χ1) is 25.8. The maximum absolute atomic E-state index is 5.29. The fraction of sp³-hybridized carbons (Fsp3) is 0. The molecule has 0 bridgehead atoms. The van der Waals surface area contributed by atoms with Crippen LogP contribution in [0.15, 0.2) is 188 Å². The van der Waals surface area contributed by atoms with Crippen molar-refractivity contribution in [2.45, 2.75) is 0 Å². The minimum absolute atomic E-state index is 0.924. The highest BCUT2D eigenvalue weighted by molar-refractivity contribution is 7.23. The lowest BCUT2D eigenvalue weighted by atomic mass is 9.93. The second-order valence-corrected chi connectivity index (χ2v) is 14.0. The van der Waals surface area contributed by atoms with Gasteiger partial charge in [-0.3, -0.25) is 4.57 Å². The van der Waals surface area contributed by atoms with E-state index in [1.807, 2.05) is 11.3 Å². The van der Waals surface area contributed by atoms with Crippen LogP contribution in [0.4, 0.5) is 0 Å². The number of hydrogen-bond donors (Lipinski definition) is 0. The van der Waals surface area contributed by atoms with Crippen molar-refractivity contribution in [1.29, 1.82) is 0 Å². The van der Waals surface area contributed by atoms with Gasteiger partial charge >= 0.3 is 0 Å². The summed E-state index contributed by atoms with van der Waals surface area (Å²) in [6.45, 7) is 0. The molecule has 0 aliphatic rings. The van der Waals surface area contributed by atoms with Gasteiger partial charge in [-0.15, -0.1) is 11.3 Å². The van der Waals surface area contributed by atoms with Gasteiger partial charge in [-0.1, -0.05) is 152 Å². The molecule has 0 aliphatic carbocycles. The van der Waals surface area contributed by atoms with Crippen molar-refractivity contribution in [3.05, 3.63) is 188 Å². The van der Waals surface area contributed by atoms with E-state index in [0.29, 0.717) is 0 Å². The van der Waals surface area contributed by atoms with Crippen LogP contribution in [0.5, 0.6) is 0 Å². The Kier molecular flexibility index (Phi) is 7.33. The van der Waals surface area contributed by atoms with Crippen LogP contribution in [0.3, 0.4) is 0 Å². The van der Waals surface area contributed by atoms with Crippen molar-refractivity contribution in [1.82, 2.24) is 14.5 Å². The van der Waals surface area contributed by atoms with E-state index in [-0.39, 0.29) is 0 Å². The number of benzene rings is 7. The van der Waals surface area contributed by atoms with Crippen LogP contribution < -0.4 is 0 Å². The van der Waals surface area contributed by atoms with E-state index in [2.05, 4.69) is 193 Å². The number of imidazole rings is 1. The van der Waals surface area contributed by atoms with E-state index in [0.717, 1.165) is 55.8 Å². The molecule has 4 heteroatoms. The zero-order chi connectivity index (χ0) is 34.4. The Bertz CT molecular complexity index is 2870. The monoisotopic (exact) mass is 681 g/mol. The molecule has 0 unspecified atom stereocenters. The fourth-order valence-corrected chi connectivity index (χ4v) is 8.75. The summed E-state index contributed by atoms with van der Waals surface area (Å²) in [7, 11) is 0. The van der Waals surface area contributed by atoms with Gasteiger partial charge in [0.05, 0.1) is 26.9 Å². The van der Waals surface area contributed by atoms with Gasteiger partial charge in [0.15, 0.2) is 0 Å². The van der Waals surface area contributed by atoms with Gasteiger partial charge in [-0.05, 0) is 58.7 Å². The van der Waals surface area contributed by atoms with Gasteiger partial charge in [0.1, 0.15) is 5.82 Å². The Balaban J connectivity index is 1.22. The average molecular weight is 682 g/mol. The topological polar surface area (TPSA) is 30.7 Å². The molecular weight excluding hydrogens is 651 g/mol. The van der Waals surface area contributed by atoms with Crippen molar-refractivity contribution in [3.63, 3.8) is 0 Å². The molecule has 10 rings (SSSR count). The Morgan fingerprint density at radius 3 is 1.79 bits per heavy atom. The van der Waals surface area contributed by atoms with Gasteiger partial charge < -0.3 is 0 Å². The number of pyridine rings is 1. The first-order valence-corrected chi connectivity index (χ1v) is 18.3. The van der Waals surface area contributed by atoms with Gasteiger partial charge in [0.2, 0.25) is 0 Å². The second-order valence-electron chi connectivity index (χ2n) is 13.0. The molecule has 7 aromatic carbocycles. The van der Waals surface area contributed by atoms with Crippen molar-refractivity contribution in [2.75, 3.05) is 0 Å². The Morgan fingerprint density at radius 1 is 0.423 bits per heavy atom. The lowest BCUT2D eigenvalue weighted by Crippen LogP contribution is -1.97. The number of fused-ring (bicyclic) bond motifs is 4. The highest BCUT2D eigenvalue weighted by atomic mass is 32.1. The number of hydrogen-bond acceptors (Lipinski definition) is 3. The Hall–Kier alpha value is -6.62. The standard InChI is InChI=1S/C48H31N3S/c1-4-15-32(16-5-1)36-19-14-20-37(31-36)43-44-39-23-10-11-24-40(39)49-45(33-17-6-2-7-18-33)47(44)52-46(43)34-27-29-35(30-28-34)48-50-41-25-12-13-26-42(41)51(48)38-21-8-3-9-22-38/h1-31H. The third-order valence-corrected chi connectivity index (χ3v) is 11.1. The van der Waals surface area contributed by atoms with Gasteiger partial charge in [0, 0.05) is 38.0 Å². The summed E-state index contributed by atoms with van der Waals surface area (Å²) < 4.78 is 3.45. The average Bonchev–Trinajstić information content (AvgIpc) is 3.82. The molecule has 10 aromatic rings. The third-order valence-electron chi connectivity index (χ3n) is 9.82. The first-order valence-electron chi connectivity index (χ1n) is 17.5. The summed E-state index contributed by atoms with van der Waals surface area (Å²) in [5, 5.41) is 2.40. The zero-order valence-corrected chi connectivity index (χ0v) is 29.0. The molecule has 0 saturated carbocycles. The van der Waals surface area contributed by atoms with Crippen LogP contribution in [-0.4, -0.2) is 14.5 Å². The number of thiophene rings is 1. The van der Waals surface area contributed by atoms with Crippen LogP contribution in [0.1, 0.15) is 0 Å². The molecule has 0 atom stereocenters. The quantitative estimate of drug-likeness (QED) is 0.175. The Labute approximate surface area is 305 Å². The molecule has 0 fully saturated rings. The highest BCUT2D eigenvalue weighted by Crippen LogP contribution is 2.50. The van der Waals surface area contributed by atoms with Crippen molar-refractivity contribution >= 4 is 43.4 Å². The molecule has 0 amide bonds. The van der Waals surface area contributed by atoms with Gasteiger partial charge in [0.25, 0.3) is 0 Å². The number of aromatic nitrogens is 3. The van der Waals surface area contributed by atoms with Crippen LogP contribution in [0.25, 0.3) is 93.0 Å². The molecular formula is C48H31N3S. The molecule has 3 nitrogen and oxygen atoms in total. The Morgan fingerprint density at radius 2 is 1.02 bits per heavy atom. The summed E-state index contributed by atoms with van der Waals surface area (Å²) in [4.78, 5) is 11.7. The summed E-state index contributed by atoms with van der Waals surface area (Å²) in [6.07, 6.45) is 0. The molecule has 52 heavy (non-hydrogen) atoms. The van der Waals surface area contributed by atoms with Crippen molar-refractivity contribution in [3.8, 4) is 61.0 Å². The summed E-state index contributed by atoms with van der Waals surface area (Å²) in [5.41, 5.74) is 13.3. The van der Waals surface area contributed by atoms with Gasteiger partial charge in [-0.25, -0.2) is 9.97 Å². The molecule has 244 valence electrons. The van der Waals surface area contributed by atoms with Crippen molar-refractivity contribution < 1.29 is 0 Å². The SMILES string of the molecule is c1ccc(-c2cccc(-c3c(-c4ccc(-c5nc6ccccc6n5-c5ccccc5)cc4)sc4c(-c5ccccc5)nc5ccccc5c34)c2)cc1. The van der Waals surface area contributed by atoms with Crippen LogP contribution >= 0.6 is 11.3 Å². The third kappa shape index (κ3) is 5.12. The molecule has 0 N–H and O–H groups in total. The lowest BCUT2D eigenvalue weighted by molar-refractivity contribution is 1.10. The minimum atomic E-state index is 0.924. The maximum atomic E-state index is 5.29. The number of rotatable bonds is 6. The molecule has 0 radical (unpaired) electrons. The van der Waals surface area contributed by atoms with E-state index in [9.17, 15) is 0 Å². The largest absolute Gasteiger partial charge is 0.292 e. The maximum Gasteiger partial charge on any atom is 0.145 e. The molecule has 3 heterocycles. The fourth-order valence-electron chi connectivity index (χ4n) is 7.39. The van der Waals surface area contributed by atoms with E-state index in [1.165, 1.54) is 37.2 Å². The summed E-state index contributed by atoms with van der Waals surface area (Å²) in [6, 6.07) is 66.6. The zero-order valence-electron chi connectivity index (χ0n) is 28.1. The highest BCUT2D eigenvalue weighted by Gasteiger charge is 2.23. The summed E-state index contributed by atoms with van der Waals surface area (Å²) in [5.74, 6) is 0.924. The molecule has 0 aliphatic heterocycles. The lowest BCUT2D eigenvalue weighted by Gasteiger charge is -2.12. The van der Waals surface area contributed by atoms with E-state index < -0.39 is 0 Å². The second kappa shape index (κ2) is 12.6. The predicted molar refractivity (Wildman–Crippen MR) is 219 cm³/mol. The first kappa shape index (κ1) is 30.2. The van der Waals surface area contributed by atoms with Gasteiger partial charge in [-0.2, -0.15) is 0 Å². The van der Waals surface area contributed by atoms with E-state index in [4.69, 9.17) is 9.97 Å². The summed E-state index contributed by atoms with van der Waals surface area (Å²) >= 11 is 1.83. The molecule has 0 saturated heterocycles. The molecule has 0 spiro atoms. The smallest absolute Gasteiger partial charge is 0.145 e.